The van der Waals surface area contributed by atoms with E-state index in [0.29, 0.717) is 57.2 Å². The summed E-state index contributed by atoms with van der Waals surface area (Å²) >= 11 is 0. The number of carbonyl (C=O) groups excluding carboxylic acids is 3. The van der Waals surface area contributed by atoms with E-state index in [9.17, 15) is 27.6 Å². The third kappa shape index (κ3) is 7.92. The van der Waals surface area contributed by atoms with Crippen LogP contribution in [0.1, 0.15) is 48.8 Å². The Hall–Kier alpha value is -3.64. The van der Waals surface area contributed by atoms with Gasteiger partial charge in [0.1, 0.15) is 0 Å². The number of amides is 4. The monoisotopic (exact) mass is 654 g/mol. The molecule has 0 radical (unpaired) electrons. The van der Waals surface area contributed by atoms with Gasteiger partial charge in [0.2, 0.25) is 11.8 Å². The molecule has 0 aliphatic carbocycles. The first kappa shape index (κ1) is 33.3. The van der Waals surface area contributed by atoms with Gasteiger partial charge in [0.15, 0.2) is 0 Å². The van der Waals surface area contributed by atoms with E-state index >= 15 is 0 Å². The van der Waals surface area contributed by atoms with Crippen LogP contribution in [-0.2, 0) is 28.7 Å². The topological polar surface area (TPSA) is 79.4 Å². The first-order valence-corrected chi connectivity index (χ1v) is 16.9. The molecule has 4 amide bonds. The molecule has 4 aliphatic rings. The summed E-state index contributed by atoms with van der Waals surface area (Å²) in [5.41, 5.74) is 1.51. The highest BCUT2D eigenvalue weighted by atomic mass is 19.4. The van der Waals surface area contributed by atoms with Crippen molar-refractivity contribution in [2.45, 2.75) is 63.3 Å². The van der Waals surface area contributed by atoms with Crippen molar-refractivity contribution in [3.8, 4) is 0 Å². The summed E-state index contributed by atoms with van der Waals surface area (Å²) < 4.78 is 40.5. The minimum Gasteiger partial charge on any atom is -0.343 e. The van der Waals surface area contributed by atoms with Crippen molar-refractivity contribution < 1.29 is 27.6 Å². The molecule has 3 saturated heterocycles. The van der Waals surface area contributed by atoms with Crippen LogP contribution in [0.15, 0.2) is 48.5 Å². The first-order valence-electron chi connectivity index (χ1n) is 16.9. The van der Waals surface area contributed by atoms with Crippen molar-refractivity contribution in [1.82, 2.24) is 24.5 Å². The van der Waals surface area contributed by atoms with Gasteiger partial charge in [0.25, 0.3) is 0 Å². The van der Waals surface area contributed by atoms with Crippen LogP contribution in [0.2, 0.25) is 0 Å². The molecule has 3 fully saturated rings. The maximum absolute atomic E-state index is 14.0. The predicted octanol–water partition coefficient (Wildman–Crippen LogP) is 4.53. The first-order chi connectivity index (χ1) is 22.5. The third-order valence-electron chi connectivity index (χ3n) is 10.5. The van der Waals surface area contributed by atoms with E-state index < -0.39 is 17.7 Å². The second-order valence-electron chi connectivity index (χ2n) is 13.5. The molecule has 1 N–H and O–H groups in total. The lowest BCUT2D eigenvalue weighted by molar-refractivity contribution is -0.143. The Labute approximate surface area is 274 Å². The molecular formula is C35H45F3N6O3. The summed E-state index contributed by atoms with van der Waals surface area (Å²) in [7, 11) is 2.13. The molecule has 254 valence electrons. The standard InChI is InChI=1S/C35H45F3N6O3/c1-40-13-9-29(10-14-40)41-17-19-43(20-18-41)33(46)27(21-25-5-4-7-28(22-25)35(36,37)38)23-32(45)42-15-11-30(12-16-42)44-24-26-6-2-3-8-31(26)39-34(44)47/h2-8,22,27,29-30H,9-21,23-24H2,1H3,(H,39,47). The predicted molar refractivity (Wildman–Crippen MR) is 173 cm³/mol. The summed E-state index contributed by atoms with van der Waals surface area (Å²) in [6, 6.07) is 13.1. The Morgan fingerprint density at radius 2 is 1.53 bits per heavy atom. The summed E-state index contributed by atoms with van der Waals surface area (Å²) in [6.07, 6.45) is -1.06. The van der Waals surface area contributed by atoms with Crippen LogP contribution in [0.3, 0.4) is 0 Å². The Balaban J connectivity index is 1.09. The fraction of sp³-hybridized carbons (Fsp3) is 0.571. The number of fused-ring (bicyclic) bond motifs is 1. The van der Waals surface area contributed by atoms with Gasteiger partial charge in [-0.15, -0.1) is 0 Å². The highest BCUT2D eigenvalue weighted by molar-refractivity contribution is 5.92. The van der Waals surface area contributed by atoms with Gasteiger partial charge < -0.3 is 24.9 Å². The lowest BCUT2D eigenvalue weighted by Gasteiger charge is -2.43. The average molecular weight is 655 g/mol. The second-order valence-corrected chi connectivity index (χ2v) is 13.5. The number of halogens is 3. The molecule has 0 spiro atoms. The number of nitrogens with zero attached hydrogens (tertiary/aromatic N) is 5. The number of anilines is 1. The minimum absolute atomic E-state index is 0.0178. The van der Waals surface area contributed by atoms with Crippen LogP contribution in [0.5, 0.6) is 0 Å². The van der Waals surface area contributed by atoms with Crippen LogP contribution in [0, 0.1) is 5.92 Å². The fourth-order valence-corrected chi connectivity index (χ4v) is 7.62. The number of urea groups is 1. The maximum Gasteiger partial charge on any atom is 0.416 e. The van der Waals surface area contributed by atoms with Crippen molar-refractivity contribution >= 4 is 23.5 Å². The smallest absolute Gasteiger partial charge is 0.343 e. The van der Waals surface area contributed by atoms with E-state index in [0.717, 1.165) is 62.4 Å². The molecule has 12 heteroatoms. The number of hydrogen-bond acceptors (Lipinski definition) is 5. The van der Waals surface area contributed by atoms with Crippen LogP contribution in [-0.4, -0.2) is 114 Å². The molecule has 6 rings (SSSR count). The zero-order chi connectivity index (χ0) is 33.1. The SMILES string of the molecule is CN1CCC(N2CCN(C(=O)C(CC(=O)N3CCC(N4Cc5ccccc5NC4=O)CC3)Cc3cccc(C(F)(F)F)c3)CC2)CC1. The number of carbonyl (C=O) groups is 3. The van der Waals surface area contributed by atoms with E-state index in [4.69, 9.17) is 0 Å². The minimum atomic E-state index is -4.49. The Morgan fingerprint density at radius 3 is 2.23 bits per heavy atom. The van der Waals surface area contributed by atoms with Gasteiger partial charge in [0.05, 0.1) is 11.5 Å². The highest BCUT2D eigenvalue weighted by Gasteiger charge is 2.36. The molecule has 0 bridgehead atoms. The molecule has 2 aromatic carbocycles. The zero-order valence-electron chi connectivity index (χ0n) is 27.1. The summed E-state index contributed by atoms with van der Waals surface area (Å²) in [5, 5.41) is 2.96. The van der Waals surface area contributed by atoms with Crippen molar-refractivity contribution in [1.29, 1.82) is 0 Å². The zero-order valence-corrected chi connectivity index (χ0v) is 27.1. The van der Waals surface area contributed by atoms with Crippen molar-refractivity contribution in [2.24, 2.45) is 5.92 Å². The summed E-state index contributed by atoms with van der Waals surface area (Å²) in [6.45, 7) is 6.14. The lowest BCUT2D eigenvalue weighted by Crippen LogP contribution is -2.55. The van der Waals surface area contributed by atoms with Crippen molar-refractivity contribution in [3.05, 3.63) is 65.2 Å². The van der Waals surface area contributed by atoms with Gasteiger partial charge in [0, 0.05) is 70.0 Å². The van der Waals surface area contributed by atoms with Crippen LogP contribution < -0.4 is 5.32 Å². The number of piperidine rings is 2. The second kappa shape index (κ2) is 14.2. The van der Waals surface area contributed by atoms with E-state index in [1.54, 1.807) is 15.9 Å². The van der Waals surface area contributed by atoms with E-state index in [-0.39, 0.29) is 36.7 Å². The van der Waals surface area contributed by atoms with E-state index in [2.05, 4.69) is 22.2 Å². The van der Waals surface area contributed by atoms with Gasteiger partial charge in [-0.05, 0) is 75.5 Å². The summed E-state index contributed by atoms with van der Waals surface area (Å²) in [4.78, 5) is 50.7. The van der Waals surface area contributed by atoms with E-state index in [1.807, 2.05) is 29.2 Å². The molecular weight excluding hydrogens is 609 g/mol. The fourth-order valence-electron chi connectivity index (χ4n) is 7.62. The van der Waals surface area contributed by atoms with Crippen LogP contribution in [0.25, 0.3) is 0 Å². The molecule has 1 atom stereocenters. The highest BCUT2D eigenvalue weighted by Crippen LogP contribution is 2.31. The average Bonchev–Trinajstić information content (AvgIpc) is 3.07. The molecule has 47 heavy (non-hydrogen) atoms. The van der Waals surface area contributed by atoms with Gasteiger partial charge in [-0.25, -0.2) is 4.79 Å². The largest absolute Gasteiger partial charge is 0.416 e. The number of nitrogens with one attached hydrogen (secondary N) is 1. The number of piperazine rings is 1. The third-order valence-corrected chi connectivity index (χ3v) is 10.5. The number of rotatable bonds is 7. The Morgan fingerprint density at radius 1 is 0.851 bits per heavy atom. The Kier molecular flexibility index (Phi) is 10.1. The number of benzene rings is 2. The lowest BCUT2D eigenvalue weighted by atomic mass is 9.92. The normalized spacial score (nSPS) is 21.4. The van der Waals surface area contributed by atoms with Gasteiger partial charge in [-0.3, -0.25) is 14.5 Å². The quantitative estimate of drug-likeness (QED) is 0.475. The molecule has 9 nitrogen and oxygen atoms in total. The van der Waals surface area contributed by atoms with Crippen molar-refractivity contribution in [2.75, 3.05) is 64.7 Å². The molecule has 1 unspecified atom stereocenters. The molecule has 0 aromatic heterocycles. The number of hydrogen-bond donors (Lipinski definition) is 1. The molecule has 4 aliphatic heterocycles. The van der Waals surface area contributed by atoms with Crippen molar-refractivity contribution in [3.63, 3.8) is 0 Å². The van der Waals surface area contributed by atoms with Gasteiger partial charge in [-0.1, -0.05) is 36.4 Å². The Bertz CT molecular complexity index is 1430. The maximum atomic E-state index is 14.0. The summed E-state index contributed by atoms with van der Waals surface area (Å²) in [5.74, 6) is -1.10. The van der Waals surface area contributed by atoms with Crippen LogP contribution in [0.4, 0.5) is 23.7 Å². The molecule has 4 heterocycles. The molecule has 2 aromatic rings. The number of likely N-dealkylation sites (tertiary alicyclic amines) is 2. The number of alkyl halides is 3. The van der Waals surface area contributed by atoms with Gasteiger partial charge >= 0.3 is 12.2 Å². The van der Waals surface area contributed by atoms with E-state index in [1.165, 1.54) is 6.07 Å². The molecule has 0 saturated carbocycles. The van der Waals surface area contributed by atoms with Gasteiger partial charge in [-0.2, -0.15) is 13.2 Å². The van der Waals surface area contributed by atoms with Crippen LogP contribution >= 0.6 is 0 Å². The number of para-hydroxylation sites is 1.